The van der Waals surface area contributed by atoms with E-state index in [2.05, 4.69) is 53.6 Å². The molecule has 0 aliphatic carbocycles. The van der Waals surface area contributed by atoms with Crippen molar-refractivity contribution in [2.24, 2.45) is 0 Å². The third-order valence-corrected chi connectivity index (χ3v) is 3.34. The molecule has 0 aliphatic rings. The van der Waals surface area contributed by atoms with Crippen molar-refractivity contribution in [1.29, 1.82) is 0 Å². The summed E-state index contributed by atoms with van der Waals surface area (Å²) in [4.78, 5) is 4.13. The van der Waals surface area contributed by atoms with Crippen molar-refractivity contribution in [2.75, 3.05) is 6.54 Å². The highest BCUT2D eigenvalue weighted by atomic mass is 14.9. The van der Waals surface area contributed by atoms with E-state index < -0.39 is 0 Å². The zero-order chi connectivity index (χ0) is 13.3. The molecule has 1 unspecified atom stereocenters. The molecule has 2 aromatic rings. The normalized spacial score (nSPS) is 12.3. The summed E-state index contributed by atoms with van der Waals surface area (Å²) in [6.07, 6.45) is 7.12. The van der Waals surface area contributed by atoms with E-state index in [1.165, 1.54) is 17.5 Å². The first-order valence-corrected chi connectivity index (χ1v) is 7.01. The van der Waals surface area contributed by atoms with Crippen molar-refractivity contribution in [3.05, 3.63) is 66.0 Å². The molecule has 0 radical (unpaired) electrons. The molecule has 0 spiro atoms. The third-order valence-electron chi connectivity index (χ3n) is 3.34. The molecule has 0 aliphatic heterocycles. The minimum absolute atomic E-state index is 0.553. The van der Waals surface area contributed by atoms with Gasteiger partial charge in [-0.1, -0.05) is 36.4 Å². The van der Waals surface area contributed by atoms with Gasteiger partial charge in [0.1, 0.15) is 0 Å². The van der Waals surface area contributed by atoms with Gasteiger partial charge in [0.15, 0.2) is 0 Å². The second-order valence-corrected chi connectivity index (χ2v) is 4.99. The number of pyridine rings is 1. The van der Waals surface area contributed by atoms with E-state index in [-0.39, 0.29) is 0 Å². The van der Waals surface area contributed by atoms with Crippen molar-refractivity contribution in [3.8, 4) is 0 Å². The molecule has 1 aromatic carbocycles. The molecule has 19 heavy (non-hydrogen) atoms. The first kappa shape index (κ1) is 13.8. The molecule has 1 N–H and O–H groups in total. The Balaban J connectivity index is 1.64. The van der Waals surface area contributed by atoms with E-state index >= 15 is 0 Å². The van der Waals surface area contributed by atoms with Crippen LogP contribution in [0.1, 0.15) is 24.5 Å². The van der Waals surface area contributed by atoms with Gasteiger partial charge in [0.2, 0.25) is 0 Å². The molecule has 2 rings (SSSR count). The smallest absolute Gasteiger partial charge is 0.0300 e. The average Bonchev–Trinajstić information content (AvgIpc) is 2.47. The fourth-order valence-electron chi connectivity index (χ4n) is 2.14. The number of nitrogens with zero attached hydrogens (tertiary/aromatic N) is 1. The van der Waals surface area contributed by atoms with Crippen molar-refractivity contribution in [2.45, 2.75) is 32.2 Å². The second kappa shape index (κ2) is 7.70. The van der Waals surface area contributed by atoms with Crippen LogP contribution in [0.2, 0.25) is 0 Å². The number of hydrogen-bond donors (Lipinski definition) is 1. The molecule has 0 amide bonds. The topological polar surface area (TPSA) is 24.9 Å². The molecule has 2 nitrogen and oxygen atoms in total. The zero-order valence-corrected chi connectivity index (χ0v) is 11.5. The number of rotatable bonds is 7. The Bertz CT molecular complexity index is 453. The van der Waals surface area contributed by atoms with Crippen molar-refractivity contribution in [3.63, 3.8) is 0 Å². The standard InChI is InChI=1S/C17H22N2/c1-15(9-10-16-6-3-2-4-7-16)19-13-11-17-8-5-12-18-14-17/h2-8,12,14-15,19H,9-11,13H2,1H3. The molecule has 0 saturated carbocycles. The lowest BCUT2D eigenvalue weighted by Crippen LogP contribution is -2.28. The van der Waals surface area contributed by atoms with Crippen LogP contribution in [0.4, 0.5) is 0 Å². The number of aromatic nitrogens is 1. The van der Waals surface area contributed by atoms with Gasteiger partial charge in [0.25, 0.3) is 0 Å². The van der Waals surface area contributed by atoms with Crippen LogP contribution in [0, 0.1) is 0 Å². The van der Waals surface area contributed by atoms with E-state index in [4.69, 9.17) is 0 Å². The van der Waals surface area contributed by atoms with Gasteiger partial charge in [-0.2, -0.15) is 0 Å². The minimum atomic E-state index is 0.553. The van der Waals surface area contributed by atoms with Crippen LogP contribution in [0.5, 0.6) is 0 Å². The van der Waals surface area contributed by atoms with Crippen LogP contribution in [-0.4, -0.2) is 17.6 Å². The van der Waals surface area contributed by atoms with Crippen LogP contribution >= 0.6 is 0 Å². The van der Waals surface area contributed by atoms with E-state index in [1.54, 1.807) is 0 Å². The van der Waals surface area contributed by atoms with Crippen LogP contribution in [0.15, 0.2) is 54.9 Å². The quantitative estimate of drug-likeness (QED) is 0.820. The molecule has 0 fully saturated rings. The molecule has 1 aromatic heterocycles. The zero-order valence-electron chi connectivity index (χ0n) is 11.5. The second-order valence-electron chi connectivity index (χ2n) is 4.99. The van der Waals surface area contributed by atoms with Crippen molar-refractivity contribution >= 4 is 0 Å². The van der Waals surface area contributed by atoms with Gasteiger partial charge in [0, 0.05) is 18.4 Å². The monoisotopic (exact) mass is 254 g/mol. The van der Waals surface area contributed by atoms with Crippen LogP contribution in [0.3, 0.4) is 0 Å². The Hall–Kier alpha value is -1.67. The van der Waals surface area contributed by atoms with Crippen LogP contribution < -0.4 is 5.32 Å². The molecule has 0 bridgehead atoms. The van der Waals surface area contributed by atoms with Gasteiger partial charge in [-0.25, -0.2) is 0 Å². The maximum atomic E-state index is 4.13. The average molecular weight is 254 g/mol. The Morgan fingerprint density at radius 3 is 2.53 bits per heavy atom. The van der Waals surface area contributed by atoms with Gasteiger partial charge < -0.3 is 5.32 Å². The minimum Gasteiger partial charge on any atom is -0.314 e. The predicted octanol–water partition coefficient (Wildman–Crippen LogP) is 3.24. The summed E-state index contributed by atoms with van der Waals surface area (Å²) in [6.45, 7) is 3.27. The highest BCUT2D eigenvalue weighted by Crippen LogP contribution is 2.05. The summed E-state index contributed by atoms with van der Waals surface area (Å²) < 4.78 is 0. The van der Waals surface area contributed by atoms with E-state index in [1.807, 2.05) is 18.5 Å². The maximum Gasteiger partial charge on any atom is 0.0300 e. The molecule has 1 atom stereocenters. The largest absolute Gasteiger partial charge is 0.314 e. The fourth-order valence-corrected chi connectivity index (χ4v) is 2.14. The highest BCUT2D eigenvalue weighted by Gasteiger charge is 2.02. The number of nitrogens with one attached hydrogen (secondary N) is 1. The van der Waals surface area contributed by atoms with Gasteiger partial charge in [-0.05, 0) is 49.9 Å². The lowest BCUT2D eigenvalue weighted by atomic mass is 10.1. The summed E-state index contributed by atoms with van der Waals surface area (Å²) in [6, 6.07) is 15.4. The van der Waals surface area contributed by atoms with Gasteiger partial charge in [0.05, 0.1) is 0 Å². The Morgan fingerprint density at radius 1 is 1.00 bits per heavy atom. The molecule has 2 heteroatoms. The number of hydrogen-bond acceptors (Lipinski definition) is 2. The van der Waals surface area contributed by atoms with Crippen LogP contribution in [0.25, 0.3) is 0 Å². The van der Waals surface area contributed by atoms with Gasteiger partial charge in [-0.15, -0.1) is 0 Å². The lowest BCUT2D eigenvalue weighted by Gasteiger charge is -2.13. The number of benzene rings is 1. The predicted molar refractivity (Wildman–Crippen MR) is 80.2 cm³/mol. The summed E-state index contributed by atoms with van der Waals surface area (Å²) in [7, 11) is 0. The van der Waals surface area contributed by atoms with Crippen molar-refractivity contribution < 1.29 is 0 Å². The third kappa shape index (κ3) is 5.23. The maximum absolute atomic E-state index is 4.13. The SMILES string of the molecule is CC(CCc1ccccc1)NCCc1cccnc1. The Morgan fingerprint density at radius 2 is 1.79 bits per heavy atom. The van der Waals surface area contributed by atoms with Gasteiger partial charge in [-0.3, -0.25) is 4.98 Å². The Kier molecular flexibility index (Phi) is 5.57. The van der Waals surface area contributed by atoms with Crippen LogP contribution in [-0.2, 0) is 12.8 Å². The summed E-state index contributed by atoms with van der Waals surface area (Å²) >= 11 is 0. The highest BCUT2D eigenvalue weighted by molar-refractivity contribution is 5.14. The fraction of sp³-hybridized carbons (Fsp3) is 0.353. The molecule has 1 heterocycles. The van der Waals surface area contributed by atoms with Crippen molar-refractivity contribution in [1.82, 2.24) is 10.3 Å². The van der Waals surface area contributed by atoms with E-state index in [0.29, 0.717) is 6.04 Å². The molecular formula is C17H22N2. The first-order chi connectivity index (χ1) is 9.34. The van der Waals surface area contributed by atoms with Gasteiger partial charge >= 0.3 is 0 Å². The number of aryl methyl sites for hydroxylation is 1. The summed E-state index contributed by atoms with van der Waals surface area (Å²) in [5, 5.41) is 3.57. The van der Waals surface area contributed by atoms with E-state index in [0.717, 1.165) is 19.4 Å². The first-order valence-electron chi connectivity index (χ1n) is 7.01. The summed E-state index contributed by atoms with van der Waals surface area (Å²) in [5.41, 5.74) is 2.72. The summed E-state index contributed by atoms with van der Waals surface area (Å²) in [5.74, 6) is 0. The molecule has 100 valence electrons. The Labute approximate surface area is 115 Å². The lowest BCUT2D eigenvalue weighted by molar-refractivity contribution is 0.517. The molecule has 0 saturated heterocycles. The molecular weight excluding hydrogens is 232 g/mol. The van der Waals surface area contributed by atoms with E-state index in [9.17, 15) is 0 Å².